The second-order valence-electron chi connectivity index (χ2n) is 10.3. The Kier molecular flexibility index (Phi) is 17.7. The second-order valence-corrected chi connectivity index (χ2v) is 10.3. The molecule has 1 fully saturated rings. The van der Waals surface area contributed by atoms with Gasteiger partial charge in [0, 0.05) is 31.8 Å². The molecule has 2 N–H and O–H groups in total. The molecule has 36 heavy (non-hydrogen) atoms. The monoisotopic (exact) mass is 505 g/mol. The summed E-state index contributed by atoms with van der Waals surface area (Å²) in [7, 11) is 3.92. The van der Waals surface area contributed by atoms with E-state index in [2.05, 4.69) is 36.5 Å². The number of aliphatic carboxylic acids is 1. The summed E-state index contributed by atoms with van der Waals surface area (Å²) in [6, 6.07) is -1.13. The Morgan fingerprint density at radius 1 is 0.889 bits per heavy atom. The summed E-state index contributed by atoms with van der Waals surface area (Å²) in [5.41, 5.74) is 0. The van der Waals surface area contributed by atoms with Gasteiger partial charge in [-0.1, -0.05) is 63.3 Å². The first-order valence-electron chi connectivity index (χ1n) is 14.1. The standard InChI is InChI=1S/C29H51N3O4/c1-4-5-6-7-8-9-10-11-12-13-14-15-16-17-18-21-28(34)32-24-25(23-26(32)29(35)36)30-27(33)20-19-22-31(2)3/h8-9,11-12,25-26H,4-7,10,13-24H2,1-3H3,(H,30,33)(H,35,36)/b9-8-,12-11-/t25-,26+/m1/s1. The van der Waals surface area contributed by atoms with Crippen molar-refractivity contribution in [1.82, 2.24) is 15.1 Å². The van der Waals surface area contributed by atoms with Crippen molar-refractivity contribution >= 4 is 17.8 Å². The molecule has 0 radical (unpaired) electrons. The van der Waals surface area contributed by atoms with Crippen LogP contribution in [0.15, 0.2) is 24.3 Å². The van der Waals surface area contributed by atoms with E-state index in [0.717, 1.165) is 57.9 Å². The van der Waals surface area contributed by atoms with Crippen molar-refractivity contribution in [3.05, 3.63) is 24.3 Å². The molecule has 0 aromatic rings. The first-order valence-corrected chi connectivity index (χ1v) is 14.1. The van der Waals surface area contributed by atoms with Crippen molar-refractivity contribution < 1.29 is 19.5 Å². The normalized spacial score (nSPS) is 18.1. The molecule has 0 saturated carbocycles. The van der Waals surface area contributed by atoms with Gasteiger partial charge in [0.05, 0.1) is 0 Å². The number of likely N-dealkylation sites (tertiary alicyclic amines) is 1. The highest BCUT2D eigenvalue weighted by Crippen LogP contribution is 2.21. The fourth-order valence-electron chi connectivity index (χ4n) is 4.54. The van der Waals surface area contributed by atoms with Crippen LogP contribution in [0.4, 0.5) is 0 Å². The molecule has 0 bridgehead atoms. The minimum atomic E-state index is -0.993. The highest BCUT2D eigenvalue weighted by atomic mass is 16.4. The molecular formula is C29H51N3O4. The van der Waals surface area contributed by atoms with E-state index in [4.69, 9.17) is 0 Å². The number of nitrogens with one attached hydrogen (secondary N) is 1. The van der Waals surface area contributed by atoms with Crippen LogP contribution in [0.25, 0.3) is 0 Å². The van der Waals surface area contributed by atoms with Crippen LogP contribution in [-0.4, -0.2) is 72.0 Å². The molecular weight excluding hydrogens is 454 g/mol. The third-order valence-electron chi connectivity index (χ3n) is 6.62. The lowest BCUT2D eigenvalue weighted by atomic mass is 10.1. The zero-order chi connectivity index (χ0) is 26.6. The quantitative estimate of drug-likeness (QED) is 0.173. The summed E-state index contributed by atoms with van der Waals surface area (Å²) in [6.07, 6.45) is 23.2. The number of hydrogen-bond donors (Lipinski definition) is 2. The number of unbranched alkanes of at least 4 members (excludes halogenated alkanes) is 8. The SMILES string of the molecule is CCCCC/C=C\C/C=C\CCCCCCCC(=O)N1C[C@H](NC(=O)CCCN(C)C)C[C@H]1C(=O)O. The lowest BCUT2D eigenvalue weighted by Gasteiger charge is -2.21. The maximum atomic E-state index is 12.7. The van der Waals surface area contributed by atoms with E-state index in [1.807, 2.05) is 19.0 Å². The Bertz CT molecular complexity index is 690. The zero-order valence-corrected chi connectivity index (χ0v) is 23.1. The van der Waals surface area contributed by atoms with Gasteiger partial charge in [-0.05, 0) is 65.6 Å². The second kappa shape index (κ2) is 20.0. The third-order valence-corrected chi connectivity index (χ3v) is 6.62. The summed E-state index contributed by atoms with van der Waals surface area (Å²) >= 11 is 0. The van der Waals surface area contributed by atoms with Crippen molar-refractivity contribution in [2.24, 2.45) is 0 Å². The molecule has 206 valence electrons. The third kappa shape index (κ3) is 15.1. The molecule has 2 atom stereocenters. The zero-order valence-electron chi connectivity index (χ0n) is 23.1. The fraction of sp³-hybridized carbons (Fsp3) is 0.759. The van der Waals surface area contributed by atoms with Gasteiger partial charge >= 0.3 is 5.97 Å². The van der Waals surface area contributed by atoms with E-state index < -0.39 is 12.0 Å². The Morgan fingerprint density at radius 3 is 2.17 bits per heavy atom. The minimum Gasteiger partial charge on any atom is -0.480 e. The number of amides is 2. The van der Waals surface area contributed by atoms with Gasteiger partial charge < -0.3 is 20.2 Å². The number of rotatable bonds is 20. The Morgan fingerprint density at radius 2 is 1.53 bits per heavy atom. The van der Waals surface area contributed by atoms with Gasteiger partial charge in [-0.3, -0.25) is 9.59 Å². The highest BCUT2D eigenvalue weighted by molar-refractivity contribution is 5.85. The van der Waals surface area contributed by atoms with Crippen LogP contribution in [0.3, 0.4) is 0 Å². The molecule has 0 aromatic carbocycles. The number of allylic oxidation sites excluding steroid dienone is 4. The maximum absolute atomic E-state index is 12.7. The van der Waals surface area contributed by atoms with Gasteiger partial charge in [-0.15, -0.1) is 0 Å². The van der Waals surface area contributed by atoms with Gasteiger partial charge in [-0.25, -0.2) is 4.79 Å². The lowest BCUT2D eigenvalue weighted by molar-refractivity contribution is -0.148. The summed E-state index contributed by atoms with van der Waals surface area (Å²) in [5, 5.41) is 12.5. The lowest BCUT2D eigenvalue weighted by Crippen LogP contribution is -2.41. The number of carbonyl (C=O) groups excluding carboxylic acids is 2. The summed E-state index contributed by atoms with van der Waals surface area (Å²) in [4.78, 5) is 40.0. The Balaban J connectivity index is 2.18. The van der Waals surface area contributed by atoms with Gasteiger partial charge in [-0.2, -0.15) is 0 Å². The van der Waals surface area contributed by atoms with E-state index in [0.29, 0.717) is 12.8 Å². The number of carboxylic acids is 1. The summed E-state index contributed by atoms with van der Waals surface area (Å²) < 4.78 is 0. The van der Waals surface area contributed by atoms with Crippen LogP contribution < -0.4 is 5.32 Å². The first-order chi connectivity index (χ1) is 17.3. The molecule has 2 amide bonds. The highest BCUT2D eigenvalue weighted by Gasteiger charge is 2.39. The molecule has 1 aliphatic heterocycles. The molecule has 1 aliphatic rings. The molecule has 1 heterocycles. The Labute approximate surface area is 219 Å². The minimum absolute atomic E-state index is 0.0750. The van der Waals surface area contributed by atoms with Crippen LogP contribution in [0, 0.1) is 0 Å². The van der Waals surface area contributed by atoms with Crippen molar-refractivity contribution in [2.75, 3.05) is 27.2 Å². The van der Waals surface area contributed by atoms with Gasteiger partial charge in [0.15, 0.2) is 0 Å². The molecule has 0 aliphatic carbocycles. The number of nitrogens with zero attached hydrogens (tertiary/aromatic N) is 2. The predicted octanol–water partition coefficient (Wildman–Crippen LogP) is 5.31. The van der Waals surface area contributed by atoms with E-state index in [-0.39, 0.29) is 30.8 Å². The molecule has 0 unspecified atom stereocenters. The number of carbonyl (C=O) groups is 3. The fourth-order valence-corrected chi connectivity index (χ4v) is 4.54. The molecule has 1 rings (SSSR count). The smallest absolute Gasteiger partial charge is 0.326 e. The van der Waals surface area contributed by atoms with Crippen molar-refractivity contribution in [3.63, 3.8) is 0 Å². The number of carboxylic acid groups (broad SMARTS) is 1. The van der Waals surface area contributed by atoms with E-state index >= 15 is 0 Å². The van der Waals surface area contributed by atoms with Crippen molar-refractivity contribution in [3.8, 4) is 0 Å². The van der Waals surface area contributed by atoms with Gasteiger partial charge in [0.2, 0.25) is 11.8 Å². The van der Waals surface area contributed by atoms with Crippen molar-refractivity contribution in [2.45, 2.75) is 115 Å². The largest absolute Gasteiger partial charge is 0.480 e. The summed E-state index contributed by atoms with van der Waals surface area (Å²) in [6.45, 7) is 3.34. The van der Waals surface area contributed by atoms with Crippen LogP contribution in [0.1, 0.15) is 103 Å². The molecule has 7 nitrogen and oxygen atoms in total. The van der Waals surface area contributed by atoms with Gasteiger partial charge in [0.1, 0.15) is 6.04 Å². The predicted molar refractivity (Wildman–Crippen MR) is 147 cm³/mol. The van der Waals surface area contributed by atoms with E-state index in [9.17, 15) is 19.5 Å². The average molecular weight is 506 g/mol. The number of hydrogen-bond acceptors (Lipinski definition) is 4. The van der Waals surface area contributed by atoms with Gasteiger partial charge in [0.25, 0.3) is 0 Å². The van der Waals surface area contributed by atoms with Crippen molar-refractivity contribution in [1.29, 1.82) is 0 Å². The average Bonchev–Trinajstić information content (AvgIpc) is 3.25. The van der Waals surface area contributed by atoms with Crippen LogP contribution in [-0.2, 0) is 14.4 Å². The van der Waals surface area contributed by atoms with E-state index in [1.165, 1.54) is 30.6 Å². The first kappa shape index (κ1) is 31.9. The molecule has 7 heteroatoms. The Hall–Kier alpha value is -2.15. The maximum Gasteiger partial charge on any atom is 0.326 e. The molecule has 0 aromatic heterocycles. The molecule has 0 spiro atoms. The van der Waals surface area contributed by atoms with Crippen LogP contribution in [0.2, 0.25) is 0 Å². The summed E-state index contributed by atoms with van der Waals surface area (Å²) in [5.74, 6) is -1.18. The van der Waals surface area contributed by atoms with Crippen LogP contribution >= 0.6 is 0 Å². The molecule has 1 saturated heterocycles. The topological polar surface area (TPSA) is 90.0 Å². The van der Waals surface area contributed by atoms with Crippen LogP contribution in [0.5, 0.6) is 0 Å². The van der Waals surface area contributed by atoms with E-state index in [1.54, 1.807) is 0 Å².